The second-order valence-corrected chi connectivity index (χ2v) is 10.9. The lowest BCUT2D eigenvalue weighted by atomic mass is 9.93. The summed E-state index contributed by atoms with van der Waals surface area (Å²) in [6, 6.07) is 29.1. The molecule has 0 heterocycles. The van der Waals surface area contributed by atoms with Crippen LogP contribution in [0.3, 0.4) is 0 Å². The van der Waals surface area contributed by atoms with Crippen molar-refractivity contribution in [2.45, 2.75) is 19.3 Å². The van der Waals surface area contributed by atoms with Crippen molar-refractivity contribution in [3.8, 4) is 33.8 Å². The van der Waals surface area contributed by atoms with Gasteiger partial charge in [0.1, 0.15) is 18.1 Å². The molecule has 10 heteroatoms. The molecule has 0 aliphatic carbocycles. The molecule has 48 heavy (non-hydrogen) atoms. The van der Waals surface area contributed by atoms with E-state index in [0.717, 1.165) is 41.0 Å². The molecule has 0 fully saturated rings. The Hall–Kier alpha value is -5.51. The second kappa shape index (κ2) is 14.1. The lowest BCUT2D eigenvalue weighted by Crippen LogP contribution is -2.10. The van der Waals surface area contributed by atoms with Gasteiger partial charge in [-0.2, -0.15) is 26.3 Å². The fourth-order valence-electron chi connectivity index (χ4n) is 5.07. The highest BCUT2D eigenvalue weighted by molar-refractivity contribution is 5.82. The molecule has 0 aromatic heterocycles. The second-order valence-electron chi connectivity index (χ2n) is 10.9. The smallest absolute Gasteiger partial charge is 0.416 e. The zero-order valence-electron chi connectivity index (χ0n) is 25.4. The first kappa shape index (κ1) is 33.8. The van der Waals surface area contributed by atoms with Gasteiger partial charge in [-0.1, -0.05) is 72.8 Å². The van der Waals surface area contributed by atoms with E-state index in [4.69, 9.17) is 14.6 Å². The number of ether oxygens (including phenoxy) is 2. The SMILES string of the molecule is Cc1cc(OCC=C(c2ccc(-c3cccc(C(F)(F)F)c3)cc2)c2ccc(-c3cccc(C(F)(F)F)c3)cc2)ccc1OCC(=O)O. The molecule has 0 unspecified atom stereocenters. The van der Waals surface area contributed by atoms with Crippen molar-refractivity contribution in [2.24, 2.45) is 0 Å². The van der Waals surface area contributed by atoms with Crippen LogP contribution in [0, 0.1) is 6.92 Å². The number of rotatable bonds is 10. The standard InChI is InChI=1S/C38H28F6O4/c1-24-20-33(16-17-35(24)48-23-36(45)46)47-19-18-34(27-12-8-25(9-13-27)29-4-2-6-31(21-29)37(39,40)41)28-14-10-26(11-15-28)30-5-3-7-32(22-30)38(42,43)44/h2-18,20-22H,19,23H2,1H3,(H,45,46). The van der Waals surface area contributed by atoms with Crippen molar-refractivity contribution in [1.82, 2.24) is 0 Å². The molecule has 5 aromatic carbocycles. The van der Waals surface area contributed by atoms with Crippen LogP contribution >= 0.6 is 0 Å². The monoisotopic (exact) mass is 662 g/mol. The molecule has 4 nitrogen and oxygen atoms in total. The molecule has 246 valence electrons. The van der Waals surface area contributed by atoms with Crippen LogP contribution < -0.4 is 9.47 Å². The summed E-state index contributed by atoms with van der Waals surface area (Å²) in [5.41, 5.74) is 3.33. The van der Waals surface area contributed by atoms with E-state index in [1.54, 1.807) is 85.8 Å². The first-order valence-electron chi connectivity index (χ1n) is 14.6. The summed E-state index contributed by atoms with van der Waals surface area (Å²) in [7, 11) is 0. The van der Waals surface area contributed by atoms with Gasteiger partial charge in [0, 0.05) is 0 Å². The Morgan fingerprint density at radius 1 is 0.646 bits per heavy atom. The number of aliphatic carboxylic acids is 1. The molecule has 0 atom stereocenters. The molecule has 0 saturated carbocycles. The van der Waals surface area contributed by atoms with Gasteiger partial charge in [0.2, 0.25) is 0 Å². The summed E-state index contributed by atoms with van der Waals surface area (Å²) in [6.45, 7) is 1.38. The highest BCUT2D eigenvalue weighted by Gasteiger charge is 2.31. The third-order valence-electron chi connectivity index (χ3n) is 7.47. The van der Waals surface area contributed by atoms with Gasteiger partial charge in [-0.15, -0.1) is 0 Å². The van der Waals surface area contributed by atoms with Crippen LogP contribution in [0.1, 0.15) is 27.8 Å². The van der Waals surface area contributed by atoms with Crippen LogP contribution in [-0.2, 0) is 17.1 Å². The predicted octanol–water partition coefficient (Wildman–Crippen LogP) is 10.3. The van der Waals surface area contributed by atoms with Crippen LogP contribution in [0.5, 0.6) is 11.5 Å². The molecular weight excluding hydrogens is 634 g/mol. The first-order valence-corrected chi connectivity index (χ1v) is 14.6. The minimum absolute atomic E-state index is 0.106. The summed E-state index contributed by atoms with van der Waals surface area (Å²) >= 11 is 0. The van der Waals surface area contributed by atoms with E-state index in [0.29, 0.717) is 39.3 Å². The van der Waals surface area contributed by atoms with Crippen LogP contribution in [0.15, 0.2) is 121 Å². The zero-order valence-corrected chi connectivity index (χ0v) is 25.4. The van der Waals surface area contributed by atoms with Gasteiger partial charge < -0.3 is 14.6 Å². The number of hydrogen-bond donors (Lipinski definition) is 1. The van der Waals surface area contributed by atoms with E-state index in [1.807, 2.05) is 6.08 Å². The number of halogens is 6. The van der Waals surface area contributed by atoms with Crippen molar-refractivity contribution < 1.29 is 45.7 Å². The Labute approximate surface area is 272 Å². The largest absolute Gasteiger partial charge is 0.489 e. The molecule has 0 saturated heterocycles. The van der Waals surface area contributed by atoms with E-state index in [9.17, 15) is 31.1 Å². The Balaban J connectivity index is 1.44. The van der Waals surface area contributed by atoms with Crippen molar-refractivity contribution in [1.29, 1.82) is 0 Å². The van der Waals surface area contributed by atoms with Gasteiger partial charge in [0.05, 0.1) is 11.1 Å². The number of aryl methyl sites for hydroxylation is 1. The Bertz CT molecular complexity index is 1820. The van der Waals surface area contributed by atoms with Crippen molar-refractivity contribution in [3.05, 3.63) is 149 Å². The Morgan fingerprint density at radius 2 is 1.15 bits per heavy atom. The van der Waals surface area contributed by atoms with Crippen molar-refractivity contribution >= 4 is 11.5 Å². The van der Waals surface area contributed by atoms with Crippen molar-refractivity contribution in [3.63, 3.8) is 0 Å². The zero-order chi connectivity index (χ0) is 34.5. The number of carboxylic acids is 1. The van der Waals surface area contributed by atoms with E-state index >= 15 is 0 Å². The van der Waals surface area contributed by atoms with Crippen LogP contribution in [0.2, 0.25) is 0 Å². The molecule has 0 amide bonds. The number of alkyl halides is 6. The molecule has 1 N–H and O–H groups in total. The summed E-state index contributed by atoms with van der Waals surface area (Å²) in [5.74, 6) is -0.189. The van der Waals surface area contributed by atoms with Gasteiger partial charge in [0.25, 0.3) is 0 Å². The fraction of sp³-hybridized carbons (Fsp3) is 0.132. The maximum atomic E-state index is 13.3. The maximum absolute atomic E-state index is 13.3. The van der Waals surface area contributed by atoms with E-state index in [-0.39, 0.29) is 6.61 Å². The Kier molecular flexibility index (Phi) is 9.93. The lowest BCUT2D eigenvalue weighted by Gasteiger charge is -2.14. The molecular formula is C38H28F6O4. The Morgan fingerprint density at radius 3 is 1.58 bits per heavy atom. The van der Waals surface area contributed by atoms with Crippen LogP contribution in [0.25, 0.3) is 27.8 Å². The normalized spacial score (nSPS) is 11.6. The van der Waals surface area contributed by atoms with Crippen molar-refractivity contribution in [2.75, 3.05) is 13.2 Å². The van der Waals surface area contributed by atoms with Crippen LogP contribution in [0.4, 0.5) is 26.3 Å². The third-order valence-corrected chi connectivity index (χ3v) is 7.47. The molecule has 0 aliphatic heterocycles. The highest BCUT2D eigenvalue weighted by atomic mass is 19.4. The molecule has 0 aliphatic rings. The fourth-order valence-corrected chi connectivity index (χ4v) is 5.07. The van der Waals surface area contributed by atoms with E-state index in [1.165, 1.54) is 12.1 Å². The topological polar surface area (TPSA) is 55.8 Å². The van der Waals surface area contributed by atoms with Gasteiger partial charge in [-0.3, -0.25) is 0 Å². The van der Waals surface area contributed by atoms with Gasteiger partial charge in [0.15, 0.2) is 6.61 Å². The van der Waals surface area contributed by atoms with E-state index in [2.05, 4.69) is 0 Å². The average molecular weight is 663 g/mol. The molecule has 0 bridgehead atoms. The molecule has 0 spiro atoms. The quantitative estimate of drug-likeness (QED) is 0.151. The number of benzene rings is 5. The molecule has 5 aromatic rings. The summed E-state index contributed by atoms with van der Waals surface area (Å²) in [4.78, 5) is 10.8. The lowest BCUT2D eigenvalue weighted by molar-refractivity contribution is -0.139. The summed E-state index contributed by atoms with van der Waals surface area (Å²) < 4.78 is 91.0. The van der Waals surface area contributed by atoms with E-state index < -0.39 is 36.1 Å². The number of hydrogen-bond acceptors (Lipinski definition) is 3. The predicted molar refractivity (Wildman–Crippen MR) is 171 cm³/mol. The van der Waals surface area contributed by atoms with Gasteiger partial charge in [-0.05, 0) is 100.0 Å². The van der Waals surface area contributed by atoms with Gasteiger partial charge >= 0.3 is 18.3 Å². The average Bonchev–Trinajstić information content (AvgIpc) is 3.06. The first-order chi connectivity index (χ1) is 22.8. The number of carbonyl (C=O) groups is 1. The summed E-state index contributed by atoms with van der Waals surface area (Å²) in [6.07, 6.45) is -7.13. The maximum Gasteiger partial charge on any atom is 0.416 e. The van der Waals surface area contributed by atoms with Crippen LogP contribution in [-0.4, -0.2) is 24.3 Å². The number of carboxylic acid groups (broad SMARTS) is 1. The highest BCUT2D eigenvalue weighted by Crippen LogP contribution is 2.35. The van der Waals surface area contributed by atoms with Gasteiger partial charge in [-0.25, -0.2) is 4.79 Å². The minimum atomic E-state index is -4.48. The third kappa shape index (κ3) is 8.44. The molecule has 0 radical (unpaired) electrons. The summed E-state index contributed by atoms with van der Waals surface area (Å²) in [5, 5.41) is 8.86. The minimum Gasteiger partial charge on any atom is -0.489 e. The molecule has 5 rings (SSSR count).